The molecule has 0 aliphatic rings. The molecule has 0 amide bonds. The average Bonchev–Trinajstić information content (AvgIpc) is 2.86. The second-order valence-corrected chi connectivity index (χ2v) is 8.57. The number of hydrogen-bond donors (Lipinski definition) is 2. The summed E-state index contributed by atoms with van der Waals surface area (Å²) in [6.07, 6.45) is 0. The molecule has 0 saturated heterocycles. The fourth-order valence-electron chi connectivity index (χ4n) is 1.48. The molecule has 0 spiro atoms. The molecule has 2 nitrogen and oxygen atoms in total. The van der Waals surface area contributed by atoms with E-state index in [1.807, 2.05) is 10.4 Å². The highest BCUT2D eigenvalue weighted by Crippen LogP contribution is 2.30. The number of nitrogens with one attached hydrogen (secondary N) is 1. The van der Waals surface area contributed by atoms with Gasteiger partial charge in [-0.3, -0.25) is 0 Å². The van der Waals surface area contributed by atoms with E-state index in [0.29, 0.717) is 30.8 Å². The number of nitrogen functional groups attached to an aromatic ring is 1. The van der Waals surface area contributed by atoms with Crippen molar-refractivity contribution in [3.05, 3.63) is 53.3 Å². The second kappa shape index (κ2) is 11.0. The Morgan fingerprint density at radius 2 is 1.32 bits per heavy atom. The van der Waals surface area contributed by atoms with Crippen LogP contribution in [0, 0.1) is 3.95 Å². The molecule has 0 saturated carbocycles. The minimum Gasteiger partial charge on any atom is -0.397 e. The van der Waals surface area contributed by atoms with Gasteiger partial charge in [0.05, 0.1) is 41.0 Å². The highest BCUT2D eigenvalue weighted by atomic mass is 35.5. The fraction of sp³-hybridized carbons (Fsp3) is 0. The van der Waals surface area contributed by atoms with E-state index in [-0.39, 0.29) is 0 Å². The molecule has 0 atom stereocenters. The predicted molar refractivity (Wildman–Crippen MR) is 123 cm³/mol. The normalized spacial score (nSPS) is 9.48. The second-order valence-electron chi connectivity index (χ2n) is 4.15. The lowest BCUT2D eigenvalue weighted by atomic mass is 10.3. The maximum atomic E-state index is 5.82. The van der Waals surface area contributed by atoms with E-state index in [4.69, 9.17) is 76.0 Å². The summed E-state index contributed by atoms with van der Waals surface area (Å²) in [6.45, 7) is 0. The minimum absolute atomic E-state index is 0.417. The van der Waals surface area contributed by atoms with Crippen LogP contribution in [0.4, 0.5) is 5.69 Å². The van der Waals surface area contributed by atoms with Crippen LogP contribution in [-0.2, 0) is 0 Å². The van der Waals surface area contributed by atoms with Gasteiger partial charge in [0.1, 0.15) is 0 Å². The minimum atomic E-state index is 0.417. The standard InChI is InChI=1S/C7H3Cl2NS2.C6H4Cl3N.CS2/c8-3-1-5-6(2-4(3)9)12-7(11)10-5;7-3-1-5(9)6(10)2-4(3)8;2-1-3/h1-2H,(H,10,11);1-2H,10H2;. The Morgan fingerprint density at radius 1 is 0.840 bits per heavy atom. The molecular weight excluding hydrogens is 502 g/mol. The first kappa shape index (κ1) is 23.1. The van der Waals surface area contributed by atoms with Crippen molar-refractivity contribution in [1.29, 1.82) is 0 Å². The Hall–Kier alpha value is 0.0200. The molecule has 1 aromatic heterocycles. The molecule has 3 N–H and O–H groups in total. The summed E-state index contributed by atoms with van der Waals surface area (Å²) in [5.74, 6) is 0. The average molecular weight is 509 g/mol. The van der Waals surface area contributed by atoms with Crippen LogP contribution in [0.3, 0.4) is 0 Å². The van der Waals surface area contributed by atoms with Crippen molar-refractivity contribution in [2.24, 2.45) is 0 Å². The first-order valence-electron chi connectivity index (χ1n) is 6.06. The van der Waals surface area contributed by atoms with E-state index in [9.17, 15) is 0 Å². The third kappa shape index (κ3) is 7.27. The lowest BCUT2D eigenvalue weighted by Crippen LogP contribution is -1.85. The molecule has 1 heterocycles. The maximum Gasteiger partial charge on any atom is 0.159 e. The van der Waals surface area contributed by atoms with Crippen molar-refractivity contribution in [2.45, 2.75) is 0 Å². The van der Waals surface area contributed by atoms with E-state index in [1.54, 1.807) is 6.07 Å². The number of H-pyrrole nitrogens is 1. The molecule has 0 unspecified atom stereocenters. The largest absolute Gasteiger partial charge is 0.397 e. The highest BCUT2D eigenvalue weighted by molar-refractivity contribution is 7.93. The number of aromatic amines is 1. The van der Waals surface area contributed by atoms with Crippen molar-refractivity contribution < 1.29 is 0 Å². The van der Waals surface area contributed by atoms with E-state index >= 15 is 0 Å². The van der Waals surface area contributed by atoms with Crippen LogP contribution >= 0.6 is 106 Å². The van der Waals surface area contributed by atoms with Crippen LogP contribution in [0.2, 0.25) is 25.1 Å². The van der Waals surface area contributed by atoms with Gasteiger partial charge >= 0.3 is 0 Å². The summed E-state index contributed by atoms with van der Waals surface area (Å²) < 4.78 is 3.69. The van der Waals surface area contributed by atoms with Crippen molar-refractivity contribution in [1.82, 2.24) is 4.98 Å². The van der Waals surface area contributed by atoms with Crippen molar-refractivity contribution in [3.63, 3.8) is 0 Å². The number of fused-ring (bicyclic) bond motifs is 1. The van der Waals surface area contributed by atoms with Gasteiger partial charge in [0.15, 0.2) is 3.95 Å². The summed E-state index contributed by atoms with van der Waals surface area (Å²) in [7, 11) is 0. The zero-order chi connectivity index (χ0) is 19.1. The van der Waals surface area contributed by atoms with Crippen LogP contribution in [-0.4, -0.2) is 9.30 Å². The third-order valence-electron chi connectivity index (χ3n) is 2.50. The first-order valence-corrected chi connectivity index (χ1v) is 9.99. The van der Waals surface area contributed by atoms with E-state index < -0.39 is 0 Å². The number of halogens is 5. The van der Waals surface area contributed by atoms with Gasteiger partial charge in [0, 0.05) is 4.31 Å². The maximum absolute atomic E-state index is 5.82. The van der Waals surface area contributed by atoms with E-state index in [2.05, 4.69) is 29.4 Å². The summed E-state index contributed by atoms with van der Waals surface area (Å²) in [6, 6.07) is 6.63. The zero-order valence-corrected chi connectivity index (χ0v) is 19.0. The molecule has 3 rings (SSSR count). The molecule has 0 bridgehead atoms. The van der Waals surface area contributed by atoms with Gasteiger partial charge < -0.3 is 10.7 Å². The van der Waals surface area contributed by atoms with Crippen LogP contribution in [0.15, 0.2) is 24.3 Å². The van der Waals surface area contributed by atoms with Gasteiger partial charge in [-0.25, -0.2) is 0 Å². The highest BCUT2D eigenvalue weighted by Gasteiger charge is 2.02. The predicted octanol–water partition coefficient (Wildman–Crippen LogP) is 8.51. The SMILES string of the molecule is Nc1cc(Cl)c(Cl)cc1Cl.S=C=S.S=c1[nH]c2cc(Cl)c(Cl)cc2s1. The molecule has 11 heteroatoms. The molecule has 0 fully saturated rings. The molecule has 25 heavy (non-hydrogen) atoms. The number of thiocarbonyl (C=S) groups is 2. The van der Waals surface area contributed by atoms with Gasteiger partial charge in [-0.1, -0.05) is 58.0 Å². The molecule has 0 aliphatic heterocycles. The summed E-state index contributed by atoms with van der Waals surface area (Å²) in [4.78, 5) is 3.02. The Labute approximate surface area is 188 Å². The van der Waals surface area contributed by atoms with Crippen molar-refractivity contribution in [3.8, 4) is 0 Å². The van der Waals surface area contributed by atoms with Crippen LogP contribution in [0.25, 0.3) is 10.2 Å². The van der Waals surface area contributed by atoms with Crippen molar-refractivity contribution in [2.75, 3.05) is 5.73 Å². The molecule has 0 aliphatic carbocycles. The number of anilines is 1. The molecule has 3 aromatic rings. The third-order valence-corrected chi connectivity index (χ3v) is 5.47. The molecular formula is C14H7Cl5N2S4. The lowest BCUT2D eigenvalue weighted by Gasteiger charge is -1.99. The monoisotopic (exact) mass is 506 g/mol. The number of nitrogens with two attached hydrogens (primary N) is 1. The Bertz CT molecular complexity index is 885. The fourth-order valence-corrected chi connectivity index (χ4v) is 3.57. The van der Waals surface area contributed by atoms with Gasteiger partial charge in [-0.05, 0) is 60.9 Å². The number of rotatable bonds is 0. The number of benzene rings is 2. The Balaban J connectivity index is 0.000000220. The molecule has 0 radical (unpaired) electrons. The Morgan fingerprint density at radius 3 is 1.88 bits per heavy atom. The smallest absolute Gasteiger partial charge is 0.159 e. The van der Waals surface area contributed by atoms with Gasteiger partial charge in [-0.15, -0.1) is 11.3 Å². The van der Waals surface area contributed by atoms with Crippen LogP contribution in [0.5, 0.6) is 0 Å². The van der Waals surface area contributed by atoms with Gasteiger partial charge in [-0.2, -0.15) is 0 Å². The van der Waals surface area contributed by atoms with Crippen molar-refractivity contribution >= 4 is 126 Å². The summed E-state index contributed by atoms with van der Waals surface area (Å²) in [5.41, 5.74) is 6.80. The molecule has 132 valence electrons. The quantitative estimate of drug-likeness (QED) is 0.181. The van der Waals surface area contributed by atoms with Crippen LogP contribution in [0.1, 0.15) is 0 Å². The molecule has 2 aromatic carbocycles. The van der Waals surface area contributed by atoms with Gasteiger partial charge in [0.2, 0.25) is 0 Å². The number of aromatic nitrogens is 1. The summed E-state index contributed by atoms with van der Waals surface area (Å²) in [5, 5.41) is 2.38. The lowest BCUT2D eigenvalue weighted by molar-refractivity contribution is 1.47. The number of thiazole rings is 1. The van der Waals surface area contributed by atoms with Crippen LogP contribution < -0.4 is 5.73 Å². The van der Waals surface area contributed by atoms with Gasteiger partial charge in [0.25, 0.3) is 0 Å². The number of hydrogen-bond acceptors (Lipinski definition) is 5. The topological polar surface area (TPSA) is 41.8 Å². The Kier molecular flexibility index (Phi) is 10.1. The summed E-state index contributed by atoms with van der Waals surface area (Å²) >= 11 is 42.9. The van der Waals surface area contributed by atoms with E-state index in [0.717, 1.165) is 14.2 Å². The zero-order valence-electron chi connectivity index (χ0n) is 11.9. The first-order chi connectivity index (χ1) is 11.7. The van der Waals surface area contributed by atoms with E-state index in [1.165, 1.54) is 23.5 Å².